The maximum atomic E-state index is 5.75. The molecule has 4 nitrogen and oxygen atoms in total. The summed E-state index contributed by atoms with van der Waals surface area (Å²) in [7, 11) is -1.01. The van der Waals surface area contributed by atoms with E-state index in [4.69, 9.17) is 10.5 Å². The van der Waals surface area contributed by atoms with Gasteiger partial charge >= 0.3 is 0 Å². The highest BCUT2D eigenvalue weighted by molar-refractivity contribution is 6.76. The van der Waals surface area contributed by atoms with Crippen molar-refractivity contribution in [2.45, 2.75) is 32.4 Å². The predicted molar refractivity (Wildman–Crippen MR) is 78.3 cm³/mol. The van der Waals surface area contributed by atoms with Crippen LogP contribution in [0.2, 0.25) is 25.7 Å². The lowest BCUT2D eigenvalue weighted by Gasteiger charge is -2.15. The van der Waals surface area contributed by atoms with Gasteiger partial charge < -0.3 is 15.0 Å². The first-order valence-corrected chi connectivity index (χ1v) is 9.94. The quantitative estimate of drug-likeness (QED) is 0.666. The summed E-state index contributed by atoms with van der Waals surface area (Å²) in [6.45, 7) is 8.45. The Labute approximate surface area is 109 Å². The van der Waals surface area contributed by atoms with Gasteiger partial charge in [-0.1, -0.05) is 19.6 Å². The minimum absolute atomic E-state index is 0.569. The van der Waals surface area contributed by atoms with Crippen molar-refractivity contribution in [2.75, 3.05) is 12.3 Å². The molecule has 0 bridgehead atoms. The Bertz CT molecular complexity index is 531. The van der Waals surface area contributed by atoms with E-state index in [1.807, 2.05) is 22.9 Å². The molecule has 5 heteroatoms. The molecule has 2 aromatic rings. The topological polar surface area (TPSA) is 53.1 Å². The van der Waals surface area contributed by atoms with E-state index in [2.05, 4.69) is 24.6 Å². The molecular formula is C13H21N3OSi. The van der Waals surface area contributed by atoms with E-state index in [0.29, 0.717) is 12.4 Å². The number of nitrogens with two attached hydrogens (primary N) is 1. The molecule has 18 heavy (non-hydrogen) atoms. The van der Waals surface area contributed by atoms with Crippen LogP contribution in [-0.2, 0) is 11.5 Å². The SMILES string of the molecule is C[Si](C)(C)CCOCn1ccc2ncc(N)cc21. The molecule has 0 saturated heterocycles. The lowest BCUT2D eigenvalue weighted by atomic mass is 10.3. The van der Waals surface area contributed by atoms with Gasteiger partial charge in [-0.05, 0) is 18.2 Å². The van der Waals surface area contributed by atoms with Crippen molar-refractivity contribution < 1.29 is 4.74 Å². The Morgan fingerprint density at radius 2 is 2.17 bits per heavy atom. The van der Waals surface area contributed by atoms with Gasteiger partial charge in [-0.2, -0.15) is 0 Å². The van der Waals surface area contributed by atoms with Crippen molar-refractivity contribution >= 4 is 24.8 Å². The third-order valence-electron chi connectivity index (χ3n) is 2.87. The Kier molecular flexibility index (Phi) is 3.73. The Morgan fingerprint density at radius 3 is 2.89 bits per heavy atom. The summed E-state index contributed by atoms with van der Waals surface area (Å²) in [5, 5.41) is 0. The number of aromatic nitrogens is 2. The number of pyridine rings is 1. The fourth-order valence-corrected chi connectivity index (χ4v) is 2.49. The average molecular weight is 263 g/mol. The second kappa shape index (κ2) is 5.12. The Morgan fingerprint density at radius 1 is 1.39 bits per heavy atom. The van der Waals surface area contributed by atoms with Crippen LogP contribution in [0.15, 0.2) is 24.5 Å². The van der Waals surface area contributed by atoms with Crippen molar-refractivity contribution in [1.82, 2.24) is 9.55 Å². The standard InChI is InChI=1S/C13H21N3OSi/c1-18(2,3)7-6-17-10-16-5-4-12-13(16)8-11(14)9-15-12/h4-5,8-9H,6-7,10,14H2,1-3H3. The summed E-state index contributed by atoms with van der Waals surface area (Å²) in [6, 6.07) is 5.10. The normalized spacial score (nSPS) is 12.2. The largest absolute Gasteiger partial charge is 0.397 e. The molecule has 2 N–H and O–H groups in total. The van der Waals surface area contributed by atoms with Crippen LogP contribution >= 0.6 is 0 Å². The third-order valence-corrected chi connectivity index (χ3v) is 4.57. The highest BCUT2D eigenvalue weighted by Gasteiger charge is 2.12. The molecule has 0 aliphatic carbocycles. The van der Waals surface area contributed by atoms with Crippen molar-refractivity contribution in [1.29, 1.82) is 0 Å². The predicted octanol–water partition coefficient (Wildman–Crippen LogP) is 2.93. The first kappa shape index (κ1) is 13.1. The van der Waals surface area contributed by atoms with E-state index >= 15 is 0 Å². The van der Waals surface area contributed by atoms with Crippen LogP contribution in [0.4, 0.5) is 5.69 Å². The number of hydrogen-bond donors (Lipinski definition) is 1. The number of fused-ring (bicyclic) bond motifs is 1. The molecular weight excluding hydrogens is 242 g/mol. The van der Waals surface area contributed by atoms with Gasteiger partial charge in [0.1, 0.15) is 6.73 Å². The zero-order valence-electron chi connectivity index (χ0n) is 11.3. The lowest BCUT2D eigenvalue weighted by molar-refractivity contribution is 0.0902. The molecule has 0 saturated carbocycles. The van der Waals surface area contributed by atoms with E-state index in [1.54, 1.807) is 6.20 Å². The zero-order chi connectivity index (χ0) is 13.2. The molecule has 98 valence electrons. The van der Waals surface area contributed by atoms with Gasteiger partial charge in [0.2, 0.25) is 0 Å². The van der Waals surface area contributed by atoms with Crippen molar-refractivity contribution in [2.24, 2.45) is 0 Å². The van der Waals surface area contributed by atoms with Crippen LogP contribution in [0.5, 0.6) is 0 Å². The molecule has 0 atom stereocenters. The molecule has 0 amide bonds. The van der Waals surface area contributed by atoms with Crippen LogP contribution in [-0.4, -0.2) is 24.2 Å². The van der Waals surface area contributed by atoms with E-state index in [-0.39, 0.29) is 0 Å². The molecule has 0 fully saturated rings. The maximum absolute atomic E-state index is 5.75. The molecule has 0 aliphatic rings. The van der Waals surface area contributed by atoms with Crippen LogP contribution in [0.3, 0.4) is 0 Å². The molecule has 0 unspecified atom stereocenters. The second-order valence-corrected chi connectivity index (χ2v) is 11.4. The molecule has 0 aliphatic heterocycles. The summed E-state index contributed by atoms with van der Waals surface area (Å²) in [5.74, 6) is 0. The Hall–Kier alpha value is -1.33. The average Bonchev–Trinajstić information content (AvgIpc) is 2.66. The van der Waals surface area contributed by atoms with Crippen LogP contribution in [0.1, 0.15) is 0 Å². The van der Waals surface area contributed by atoms with Crippen molar-refractivity contribution in [3.63, 3.8) is 0 Å². The maximum Gasteiger partial charge on any atom is 0.122 e. The molecule has 2 rings (SSSR count). The monoisotopic (exact) mass is 263 g/mol. The molecule has 2 aromatic heterocycles. The summed E-state index contributed by atoms with van der Waals surface area (Å²) >= 11 is 0. The van der Waals surface area contributed by atoms with Gasteiger partial charge in [-0.15, -0.1) is 0 Å². The molecule has 0 radical (unpaired) electrons. The van der Waals surface area contributed by atoms with E-state index in [0.717, 1.165) is 17.6 Å². The highest BCUT2D eigenvalue weighted by atomic mass is 28.3. The van der Waals surface area contributed by atoms with Crippen LogP contribution in [0, 0.1) is 0 Å². The lowest BCUT2D eigenvalue weighted by Crippen LogP contribution is -2.21. The summed E-state index contributed by atoms with van der Waals surface area (Å²) in [4.78, 5) is 4.27. The molecule has 0 aromatic carbocycles. The number of nitrogens with zero attached hydrogens (tertiary/aromatic N) is 2. The fourth-order valence-electron chi connectivity index (χ4n) is 1.73. The molecule has 2 heterocycles. The number of anilines is 1. The third kappa shape index (κ3) is 3.33. The number of hydrogen-bond acceptors (Lipinski definition) is 3. The zero-order valence-corrected chi connectivity index (χ0v) is 12.3. The summed E-state index contributed by atoms with van der Waals surface area (Å²) in [6.07, 6.45) is 3.67. The number of rotatable bonds is 5. The van der Waals surface area contributed by atoms with Gasteiger partial charge in [0.05, 0.1) is 22.9 Å². The number of ether oxygens (including phenoxy) is 1. The first-order chi connectivity index (χ1) is 8.46. The fraction of sp³-hybridized carbons (Fsp3) is 0.462. The van der Waals surface area contributed by atoms with Gasteiger partial charge in [0, 0.05) is 20.9 Å². The number of nitrogen functional groups attached to an aromatic ring is 1. The summed E-state index contributed by atoms with van der Waals surface area (Å²) in [5.41, 5.74) is 8.42. The van der Waals surface area contributed by atoms with Gasteiger partial charge in [0.15, 0.2) is 0 Å². The second-order valence-electron chi connectivity index (χ2n) is 5.81. The van der Waals surface area contributed by atoms with E-state index in [1.165, 1.54) is 6.04 Å². The van der Waals surface area contributed by atoms with E-state index in [9.17, 15) is 0 Å². The van der Waals surface area contributed by atoms with Crippen molar-refractivity contribution in [3.8, 4) is 0 Å². The smallest absolute Gasteiger partial charge is 0.122 e. The minimum Gasteiger partial charge on any atom is -0.397 e. The van der Waals surface area contributed by atoms with Gasteiger partial charge in [0.25, 0.3) is 0 Å². The van der Waals surface area contributed by atoms with E-state index < -0.39 is 8.07 Å². The molecule has 0 spiro atoms. The minimum atomic E-state index is -1.01. The Balaban J connectivity index is 1.98. The van der Waals surface area contributed by atoms with Gasteiger partial charge in [-0.25, -0.2) is 0 Å². The van der Waals surface area contributed by atoms with Gasteiger partial charge in [-0.3, -0.25) is 4.98 Å². The first-order valence-electron chi connectivity index (χ1n) is 6.24. The van der Waals surface area contributed by atoms with Crippen molar-refractivity contribution in [3.05, 3.63) is 24.5 Å². The summed E-state index contributed by atoms with van der Waals surface area (Å²) < 4.78 is 7.78. The van der Waals surface area contributed by atoms with Crippen LogP contribution < -0.4 is 5.73 Å². The van der Waals surface area contributed by atoms with Crippen LogP contribution in [0.25, 0.3) is 11.0 Å². The highest BCUT2D eigenvalue weighted by Crippen LogP contribution is 2.16.